The monoisotopic (exact) mass is 352 g/mol. The number of para-hydroxylation sites is 2. The average Bonchev–Trinajstić information content (AvgIpc) is 2.67. The van der Waals surface area contributed by atoms with Crippen molar-refractivity contribution in [1.82, 2.24) is 0 Å². The molecule has 0 radical (unpaired) electrons. The van der Waals surface area contributed by atoms with Crippen LogP contribution in [0.4, 0.5) is 0 Å². The molecule has 0 bridgehead atoms. The van der Waals surface area contributed by atoms with Crippen LogP contribution in [0.3, 0.4) is 0 Å². The minimum Gasteiger partial charge on any atom is -0.496 e. The van der Waals surface area contributed by atoms with Gasteiger partial charge < -0.3 is 13.9 Å². The van der Waals surface area contributed by atoms with Crippen molar-refractivity contribution in [2.75, 3.05) is 7.11 Å². The van der Waals surface area contributed by atoms with Crippen LogP contribution in [0.2, 0.25) is 0 Å². The number of hydrogen-bond acceptors (Lipinski definition) is 5. The second-order valence-electron chi connectivity index (χ2n) is 5.89. The van der Waals surface area contributed by atoms with Crippen LogP contribution in [0, 0.1) is 0 Å². The summed E-state index contributed by atoms with van der Waals surface area (Å²) in [5, 5.41) is 0.599. The molecule has 26 heavy (non-hydrogen) atoms. The van der Waals surface area contributed by atoms with E-state index >= 15 is 0 Å². The Kier molecular flexibility index (Phi) is 5.37. The average molecular weight is 352 g/mol. The molecule has 2 aromatic carbocycles. The molecule has 0 fully saturated rings. The largest absolute Gasteiger partial charge is 0.496 e. The smallest absolute Gasteiger partial charge is 0.347 e. The molecule has 0 aliphatic heterocycles. The first-order chi connectivity index (χ1) is 12.7. The molecule has 0 unspecified atom stereocenters. The summed E-state index contributed by atoms with van der Waals surface area (Å²) in [6.07, 6.45) is 2.19. The van der Waals surface area contributed by atoms with E-state index in [9.17, 15) is 9.59 Å². The van der Waals surface area contributed by atoms with E-state index in [1.807, 2.05) is 13.0 Å². The fourth-order valence-corrected chi connectivity index (χ4v) is 2.81. The molecule has 0 aliphatic rings. The number of benzene rings is 2. The topological polar surface area (TPSA) is 65.7 Å². The molecule has 1 aromatic heterocycles. The Hall–Kier alpha value is -3.08. The van der Waals surface area contributed by atoms with Crippen LogP contribution in [0.5, 0.6) is 11.5 Å². The Morgan fingerprint density at radius 3 is 2.58 bits per heavy atom. The molecule has 0 saturated carbocycles. The first kappa shape index (κ1) is 17.7. The zero-order chi connectivity index (χ0) is 18.5. The number of fused-ring (bicyclic) bond motifs is 1. The van der Waals surface area contributed by atoms with E-state index in [2.05, 4.69) is 0 Å². The highest BCUT2D eigenvalue weighted by atomic mass is 16.5. The van der Waals surface area contributed by atoms with Gasteiger partial charge in [0.1, 0.15) is 16.9 Å². The highest BCUT2D eigenvalue weighted by Crippen LogP contribution is 2.30. The summed E-state index contributed by atoms with van der Waals surface area (Å²) in [5.41, 5.74) is 0.600. The molecule has 0 saturated heterocycles. The number of carbonyl (C=O) groups excluding carboxylic acids is 1. The summed E-state index contributed by atoms with van der Waals surface area (Å²) < 4.78 is 16.3. The van der Waals surface area contributed by atoms with Crippen molar-refractivity contribution < 1.29 is 18.7 Å². The van der Waals surface area contributed by atoms with Gasteiger partial charge in [0, 0.05) is 0 Å². The molecule has 3 rings (SSSR count). The van der Waals surface area contributed by atoms with Gasteiger partial charge in [-0.25, -0.2) is 9.59 Å². The van der Waals surface area contributed by atoms with Gasteiger partial charge in [-0.3, -0.25) is 0 Å². The number of carbonyl (C=O) groups is 1. The molecule has 0 aliphatic carbocycles. The fourth-order valence-electron chi connectivity index (χ4n) is 2.81. The Bertz CT molecular complexity index is 987. The maximum absolute atomic E-state index is 12.7. The lowest BCUT2D eigenvalue weighted by molar-refractivity contribution is 0.0731. The minimum atomic E-state index is -0.573. The van der Waals surface area contributed by atoms with Crippen LogP contribution in [0.1, 0.15) is 35.7 Å². The third-order valence-electron chi connectivity index (χ3n) is 4.16. The highest BCUT2D eigenvalue weighted by Gasteiger charge is 2.21. The Morgan fingerprint density at radius 2 is 1.81 bits per heavy atom. The fraction of sp³-hybridized carbons (Fsp3) is 0.238. The van der Waals surface area contributed by atoms with Crippen molar-refractivity contribution in [3.8, 4) is 11.5 Å². The normalized spacial score (nSPS) is 10.7. The maximum atomic E-state index is 12.7. The number of rotatable bonds is 6. The van der Waals surface area contributed by atoms with E-state index in [-0.39, 0.29) is 5.75 Å². The number of methoxy groups -OCH3 is 1. The van der Waals surface area contributed by atoms with Crippen molar-refractivity contribution in [3.63, 3.8) is 0 Å². The van der Waals surface area contributed by atoms with Gasteiger partial charge in [-0.15, -0.1) is 0 Å². The van der Waals surface area contributed by atoms with Crippen LogP contribution in [-0.2, 0) is 6.42 Å². The van der Waals surface area contributed by atoms with E-state index in [0.717, 1.165) is 12.8 Å². The lowest BCUT2D eigenvalue weighted by Crippen LogP contribution is -2.16. The predicted molar refractivity (Wildman–Crippen MR) is 99.0 cm³/mol. The van der Waals surface area contributed by atoms with Gasteiger partial charge in [0.15, 0.2) is 5.75 Å². The van der Waals surface area contributed by atoms with Gasteiger partial charge in [0.25, 0.3) is 0 Å². The van der Waals surface area contributed by atoms with Gasteiger partial charge >= 0.3 is 11.6 Å². The SMILES string of the molecule is CCCCc1c(OC(=O)c2ccccc2OC)c2ccccc2oc1=O. The molecule has 0 spiro atoms. The van der Waals surface area contributed by atoms with Gasteiger partial charge in [-0.05, 0) is 37.1 Å². The van der Waals surface area contributed by atoms with Gasteiger partial charge in [0.05, 0.1) is 18.1 Å². The van der Waals surface area contributed by atoms with Crippen molar-refractivity contribution in [1.29, 1.82) is 0 Å². The first-order valence-corrected chi connectivity index (χ1v) is 8.55. The zero-order valence-electron chi connectivity index (χ0n) is 14.8. The standard InChI is InChI=1S/C21H20O5/c1-3-4-9-16-19(14-10-5-8-13-18(14)25-21(16)23)26-20(22)15-11-6-7-12-17(15)24-2/h5-8,10-13H,3-4,9H2,1-2H3. The van der Waals surface area contributed by atoms with Crippen LogP contribution in [0.15, 0.2) is 57.7 Å². The molecular formula is C21H20O5. The molecule has 1 heterocycles. The Morgan fingerprint density at radius 1 is 1.08 bits per heavy atom. The molecule has 5 nitrogen and oxygen atoms in total. The summed E-state index contributed by atoms with van der Waals surface area (Å²) in [5.74, 6) is 0.108. The lowest BCUT2D eigenvalue weighted by atomic mass is 10.1. The second-order valence-corrected chi connectivity index (χ2v) is 5.89. The summed E-state index contributed by atoms with van der Waals surface area (Å²) >= 11 is 0. The second kappa shape index (κ2) is 7.87. The Balaban J connectivity index is 2.10. The summed E-state index contributed by atoms with van der Waals surface area (Å²) in [7, 11) is 1.49. The molecular weight excluding hydrogens is 332 g/mol. The first-order valence-electron chi connectivity index (χ1n) is 8.55. The summed E-state index contributed by atoms with van der Waals surface area (Å²) in [6.45, 7) is 2.03. The number of unbranched alkanes of at least 4 members (excludes halogenated alkanes) is 1. The van der Waals surface area contributed by atoms with Crippen LogP contribution in [-0.4, -0.2) is 13.1 Å². The van der Waals surface area contributed by atoms with E-state index in [0.29, 0.717) is 34.3 Å². The number of hydrogen-bond donors (Lipinski definition) is 0. The zero-order valence-corrected chi connectivity index (χ0v) is 14.8. The molecule has 5 heteroatoms. The maximum Gasteiger partial charge on any atom is 0.347 e. The highest BCUT2D eigenvalue weighted by molar-refractivity contribution is 5.96. The van der Waals surface area contributed by atoms with Crippen LogP contribution >= 0.6 is 0 Å². The summed E-state index contributed by atoms with van der Waals surface area (Å²) in [6, 6.07) is 13.9. The summed E-state index contributed by atoms with van der Waals surface area (Å²) in [4.78, 5) is 25.2. The van der Waals surface area contributed by atoms with E-state index in [1.165, 1.54) is 7.11 Å². The van der Waals surface area contributed by atoms with Crippen molar-refractivity contribution in [2.24, 2.45) is 0 Å². The molecule has 0 atom stereocenters. The van der Waals surface area contributed by atoms with Crippen LogP contribution < -0.4 is 15.1 Å². The quantitative estimate of drug-likeness (QED) is 0.487. The number of esters is 1. The molecule has 3 aromatic rings. The molecule has 0 amide bonds. The Labute approximate surface area is 151 Å². The van der Waals surface area contributed by atoms with E-state index in [1.54, 1.807) is 42.5 Å². The van der Waals surface area contributed by atoms with Gasteiger partial charge in [-0.1, -0.05) is 37.6 Å². The third-order valence-corrected chi connectivity index (χ3v) is 4.16. The minimum absolute atomic E-state index is 0.265. The van der Waals surface area contributed by atoms with Crippen molar-refractivity contribution in [3.05, 3.63) is 70.1 Å². The van der Waals surface area contributed by atoms with E-state index in [4.69, 9.17) is 13.9 Å². The van der Waals surface area contributed by atoms with Crippen molar-refractivity contribution in [2.45, 2.75) is 26.2 Å². The van der Waals surface area contributed by atoms with Crippen molar-refractivity contribution >= 4 is 16.9 Å². The van der Waals surface area contributed by atoms with Crippen LogP contribution in [0.25, 0.3) is 11.0 Å². The van der Waals surface area contributed by atoms with Gasteiger partial charge in [0.2, 0.25) is 0 Å². The molecule has 0 N–H and O–H groups in total. The lowest BCUT2D eigenvalue weighted by Gasteiger charge is -2.13. The molecule has 134 valence electrons. The third kappa shape index (κ3) is 3.47. The van der Waals surface area contributed by atoms with Gasteiger partial charge in [-0.2, -0.15) is 0 Å². The predicted octanol–water partition coefficient (Wildman–Crippen LogP) is 4.36. The number of ether oxygens (including phenoxy) is 2. The van der Waals surface area contributed by atoms with E-state index < -0.39 is 11.6 Å².